The Morgan fingerprint density at radius 2 is 2.07 bits per heavy atom. The molecule has 1 aromatic heterocycles. The van der Waals surface area contributed by atoms with Gasteiger partial charge in [-0.15, -0.1) is 0 Å². The quantitative estimate of drug-likeness (QED) is 0.749. The Kier molecular flexibility index (Phi) is 2.93. The molecule has 15 heavy (non-hydrogen) atoms. The Hall–Kier alpha value is -1.65. The zero-order valence-electron chi connectivity index (χ0n) is 9.24. The van der Waals surface area contributed by atoms with Crippen LogP contribution in [0.15, 0.2) is 6.20 Å². The molecule has 1 heterocycles. The highest BCUT2D eigenvalue weighted by atomic mass is 16.1. The van der Waals surface area contributed by atoms with Crippen molar-refractivity contribution >= 4 is 11.9 Å². The van der Waals surface area contributed by atoms with E-state index in [0.29, 0.717) is 17.7 Å². The predicted octanol–water partition coefficient (Wildman–Crippen LogP) is 0.746. The van der Waals surface area contributed by atoms with E-state index in [0.717, 1.165) is 0 Å². The third-order valence-electron chi connectivity index (χ3n) is 1.85. The second kappa shape index (κ2) is 3.84. The molecule has 0 radical (unpaired) electrons. The minimum atomic E-state index is -0.519. The van der Waals surface area contributed by atoms with Gasteiger partial charge in [-0.25, -0.2) is 9.97 Å². The lowest BCUT2D eigenvalue weighted by Crippen LogP contribution is -2.20. The van der Waals surface area contributed by atoms with Gasteiger partial charge < -0.3 is 11.5 Å². The number of carbonyl (C=O) groups excluding carboxylic acids is 1. The largest absolute Gasteiger partial charge is 0.368 e. The molecule has 4 N–H and O–H groups in total. The summed E-state index contributed by atoms with van der Waals surface area (Å²) in [5, 5.41) is 0. The number of rotatable bonds is 2. The van der Waals surface area contributed by atoms with Gasteiger partial charge in [0, 0.05) is 6.20 Å². The van der Waals surface area contributed by atoms with Crippen LogP contribution in [-0.4, -0.2) is 15.9 Å². The second-order valence-electron chi connectivity index (χ2n) is 4.69. The van der Waals surface area contributed by atoms with E-state index in [9.17, 15) is 4.79 Å². The summed E-state index contributed by atoms with van der Waals surface area (Å²) in [5.41, 5.74) is 11.7. The average molecular weight is 208 g/mol. The number of hydrogen-bond donors (Lipinski definition) is 2. The monoisotopic (exact) mass is 208 g/mol. The Morgan fingerprint density at radius 1 is 1.47 bits per heavy atom. The summed E-state index contributed by atoms with van der Waals surface area (Å²) in [5.74, 6) is -0.353. The number of carbonyl (C=O) groups is 1. The molecule has 82 valence electrons. The number of nitrogens with two attached hydrogens (primary N) is 2. The fraction of sp³-hybridized carbons (Fsp3) is 0.500. The normalized spacial score (nSPS) is 11.4. The molecular formula is C10H16N4O. The van der Waals surface area contributed by atoms with Crippen LogP contribution >= 0.6 is 0 Å². The van der Waals surface area contributed by atoms with Gasteiger partial charge in [0.2, 0.25) is 5.95 Å². The first-order valence-corrected chi connectivity index (χ1v) is 4.71. The zero-order chi connectivity index (χ0) is 11.6. The maximum absolute atomic E-state index is 11.1. The lowest BCUT2D eigenvalue weighted by molar-refractivity contribution is 0.0998. The lowest BCUT2D eigenvalue weighted by atomic mass is 9.89. The lowest BCUT2D eigenvalue weighted by Gasteiger charge is -2.18. The van der Waals surface area contributed by atoms with Crippen molar-refractivity contribution in [1.82, 2.24) is 9.97 Å². The number of amides is 1. The van der Waals surface area contributed by atoms with Gasteiger partial charge in [0.15, 0.2) is 0 Å². The Morgan fingerprint density at radius 3 is 2.53 bits per heavy atom. The van der Waals surface area contributed by atoms with Crippen LogP contribution in [0.3, 0.4) is 0 Å². The van der Waals surface area contributed by atoms with E-state index in [-0.39, 0.29) is 11.4 Å². The highest BCUT2D eigenvalue weighted by Crippen LogP contribution is 2.21. The number of hydrogen-bond acceptors (Lipinski definition) is 4. The maximum atomic E-state index is 11.1. The molecule has 0 bridgehead atoms. The van der Waals surface area contributed by atoms with Gasteiger partial charge in [0.25, 0.3) is 5.91 Å². The van der Waals surface area contributed by atoms with Gasteiger partial charge in [-0.1, -0.05) is 20.8 Å². The molecule has 0 aliphatic carbocycles. The van der Waals surface area contributed by atoms with Crippen molar-refractivity contribution < 1.29 is 4.79 Å². The molecular weight excluding hydrogens is 192 g/mol. The molecule has 5 heteroatoms. The van der Waals surface area contributed by atoms with Crippen LogP contribution in [0.5, 0.6) is 0 Å². The maximum Gasteiger partial charge on any atom is 0.252 e. The standard InChI is InChI=1S/C10H16N4O/c1-10(2,3)4-7-6(8(11)15)5-13-9(12)14-7/h5H,4H2,1-3H3,(H2,11,15)(H2,12,13,14). The molecule has 0 spiro atoms. The topological polar surface area (TPSA) is 94.9 Å². The third kappa shape index (κ3) is 3.19. The first kappa shape index (κ1) is 11.4. The van der Waals surface area contributed by atoms with Crippen LogP contribution in [0.1, 0.15) is 36.8 Å². The number of anilines is 1. The molecule has 1 amide bonds. The Bertz CT molecular complexity index is 381. The smallest absolute Gasteiger partial charge is 0.252 e. The highest BCUT2D eigenvalue weighted by molar-refractivity contribution is 5.93. The van der Waals surface area contributed by atoms with E-state index in [4.69, 9.17) is 11.5 Å². The average Bonchev–Trinajstić information content (AvgIpc) is 1.99. The van der Waals surface area contributed by atoms with Crippen molar-refractivity contribution in [2.24, 2.45) is 11.1 Å². The summed E-state index contributed by atoms with van der Waals surface area (Å²) < 4.78 is 0. The van der Waals surface area contributed by atoms with Crippen LogP contribution in [0.4, 0.5) is 5.95 Å². The second-order valence-corrected chi connectivity index (χ2v) is 4.69. The third-order valence-corrected chi connectivity index (χ3v) is 1.85. The van der Waals surface area contributed by atoms with Crippen LogP contribution in [0, 0.1) is 5.41 Å². The fourth-order valence-electron chi connectivity index (χ4n) is 1.28. The van der Waals surface area contributed by atoms with Gasteiger partial charge in [-0.3, -0.25) is 4.79 Å². The van der Waals surface area contributed by atoms with Gasteiger partial charge in [-0.2, -0.15) is 0 Å². The number of aromatic nitrogens is 2. The number of nitrogens with zero attached hydrogens (tertiary/aromatic N) is 2. The van der Waals surface area contributed by atoms with E-state index in [1.165, 1.54) is 6.20 Å². The van der Waals surface area contributed by atoms with E-state index in [1.807, 2.05) is 0 Å². The molecule has 5 nitrogen and oxygen atoms in total. The van der Waals surface area contributed by atoms with Crippen molar-refractivity contribution in [1.29, 1.82) is 0 Å². The van der Waals surface area contributed by atoms with E-state index in [1.54, 1.807) is 0 Å². The molecule has 0 atom stereocenters. The van der Waals surface area contributed by atoms with Crippen molar-refractivity contribution in [2.75, 3.05) is 5.73 Å². The van der Waals surface area contributed by atoms with Crippen molar-refractivity contribution in [3.63, 3.8) is 0 Å². The minimum absolute atomic E-state index is 0.0188. The zero-order valence-corrected chi connectivity index (χ0v) is 9.24. The molecule has 0 unspecified atom stereocenters. The summed E-state index contributed by atoms with van der Waals surface area (Å²) in [6.45, 7) is 6.15. The van der Waals surface area contributed by atoms with Crippen molar-refractivity contribution in [3.05, 3.63) is 17.5 Å². The van der Waals surface area contributed by atoms with E-state index < -0.39 is 5.91 Å². The molecule has 0 saturated carbocycles. The molecule has 0 saturated heterocycles. The Balaban J connectivity index is 3.13. The number of nitrogen functional groups attached to an aromatic ring is 1. The minimum Gasteiger partial charge on any atom is -0.368 e. The summed E-state index contributed by atoms with van der Waals surface area (Å²) in [6, 6.07) is 0. The van der Waals surface area contributed by atoms with Crippen molar-refractivity contribution in [2.45, 2.75) is 27.2 Å². The molecule has 0 fully saturated rings. The van der Waals surface area contributed by atoms with Gasteiger partial charge >= 0.3 is 0 Å². The highest BCUT2D eigenvalue weighted by Gasteiger charge is 2.18. The summed E-state index contributed by atoms with van der Waals surface area (Å²) in [7, 11) is 0. The summed E-state index contributed by atoms with van der Waals surface area (Å²) >= 11 is 0. The first-order chi connectivity index (χ1) is 6.79. The Labute approximate surface area is 88.9 Å². The summed E-state index contributed by atoms with van der Waals surface area (Å²) in [6.07, 6.45) is 2.02. The summed E-state index contributed by atoms with van der Waals surface area (Å²) in [4.78, 5) is 18.9. The van der Waals surface area contributed by atoms with Crippen LogP contribution in [-0.2, 0) is 6.42 Å². The molecule has 0 aliphatic rings. The van der Waals surface area contributed by atoms with Crippen molar-refractivity contribution in [3.8, 4) is 0 Å². The predicted molar refractivity (Wildman–Crippen MR) is 58.1 cm³/mol. The first-order valence-electron chi connectivity index (χ1n) is 4.71. The van der Waals surface area contributed by atoms with E-state index >= 15 is 0 Å². The van der Waals surface area contributed by atoms with Gasteiger partial charge in [-0.05, 0) is 11.8 Å². The number of primary amides is 1. The van der Waals surface area contributed by atoms with Crippen LogP contribution < -0.4 is 11.5 Å². The van der Waals surface area contributed by atoms with Crippen LogP contribution in [0.2, 0.25) is 0 Å². The van der Waals surface area contributed by atoms with Gasteiger partial charge in [0.1, 0.15) is 0 Å². The molecule has 1 rings (SSSR count). The fourth-order valence-corrected chi connectivity index (χ4v) is 1.28. The molecule has 0 aromatic carbocycles. The molecule has 0 aliphatic heterocycles. The SMILES string of the molecule is CC(C)(C)Cc1nc(N)ncc1C(N)=O. The van der Waals surface area contributed by atoms with Gasteiger partial charge in [0.05, 0.1) is 11.3 Å². The molecule has 1 aromatic rings. The van der Waals surface area contributed by atoms with Crippen LogP contribution in [0.25, 0.3) is 0 Å². The van der Waals surface area contributed by atoms with E-state index in [2.05, 4.69) is 30.7 Å².